The number of hydrogen-bond donors (Lipinski definition) is 1. The fourth-order valence-corrected chi connectivity index (χ4v) is 2.46. The van der Waals surface area contributed by atoms with Crippen molar-refractivity contribution in [1.29, 1.82) is 0 Å². The quantitative estimate of drug-likeness (QED) is 0.799. The van der Waals surface area contributed by atoms with E-state index in [2.05, 4.69) is 15.3 Å². The topological polar surface area (TPSA) is 55.7 Å². The van der Waals surface area contributed by atoms with Crippen molar-refractivity contribution >= 4 is 11.6 Å². The highest BCUT2D eigenvalue weighted by Crippen LogP contribution is 2.27. The zero-order valence-electron chi connectivity index (χ0n) is 12.7. The first-order chi connectivity index (χ1) is 10.5. The second-order valence-corrected chi connectivity index (χ2v) is 5.71. The van der Waals surface area contributed by atoms with Crippen molar-refractivity contribution < 1.29 is 4.74 Å². The van der Waals surface area contributed by atoms with Crippen LogP contribution in [0, 0.1) is 13.8 Å². The summed E-state index contributed by atoms with van der Waals surface area (Å²) in [4.78, 5) is 0. The Kier molecular flexibility index (Phi) is 3.90. The molecule has 0 aliphatic rings. The molecule has 1 aromatic carbocycles. The molecule has 1 N–H and O–H groups in total. The van der Waals surface area contributed by atoms with E-state index in [0.717, 1.165) is 34.0 Å². The molecule has 0 bridgehead atoms. The van der Waals surface area contributed by atoms with Crippen LogP contribution in [0.3, 0.4) is 0 Å². The lowest BCUT2D eigenvalue weighted by molar-refractivity contribution is 0.298. The Morgan fingerprint density at radius 2 is 2.09 bits per heavy atom. The normalized spacial score (nSPS) is 10.9. The van der Waals surface area contributed by atoms with Gasteiger partial charge in [0.15, 0.2) is 0 Å². The highest BCUT2D eigenvalue weighted by molar-refractivity contribution is 6.31. The molecule has 0 atom stereocenters. The van der Waals surface area contributed by atoms with E-state index in [1.807, 2.05) is 45.2 Å². The van der Waals surface area contributed by atoms with E-state index in [1.165, 1.54) is 0 Å². The van der Waals surface area contributed by atoms with Crippen molar-refractivity contribution in [2.75, 3.05) is 0 Å². The van der Waals surface area contributed by atoms with Gasteiger partial charge < -0.3 is 4.74 Å². The van der Waals surface area contributed by atoms with E-state index >= 15 is 0 Å². The number of ether oxygens (including phenoxy) is 1. The van der Waals surface area contributed by atoms with Crippen molar-refractivity contribution in [3.8, 4) is 17.0 Å². The molecule has 114 valence electrons. The minimum absolute atomic E-state index is 0.337. The Morgan fingerprint density at radius 1 is 1.27 bits per heavy atom. The monoisotopic (exact) mass is 316 g/mol. The van der Waals surface area contributed by atoms with Gasteiger partial charge in [0.05, 0.1) is 10.7 Å². The molecule has 3 aromatic rings. The first-order valence-electron chi connectivity index (χ1n) is 6.97. The van der Waals surface area contributed by atoms with Crippen LogP contribution in [0.25, 0.3) is 11.3 Å². The number of nitrogens with zero attached hydrogens (tertiary/aromatic N) is 3. The molecule has 0 fully saturated rings. The van der Waals surface area contributed by atoms with Crippen LogP contribution in [0.4, 0.5) is 0 Å². The second-order valence-electron chi connectivity index (χ2n) is 5.30. The van der Waals surface area contributed by atoms with Gasteiger partial charge in [-0.1, -0.05) is 23.7 Å². The van der Waals surface area contributed by atoms with E-state index in [0.29, 0.717) is 11.6 Å². The van der Waals surface area contributed by atoms with Crippen LogP contribution in [-0.2, 0) is 13.7 Å². The number of rotatable bonds is 4. The summed E-state index contributed by atoms with van der Waals surface area (Å²) in [5.41, 5.74) is 4.72. The lowest BCUT2D eigenvalue weighted by Gasteiger charge is -2.09. The predicted octanol–water partition coefficient (Wildman–Crippen LogP) is 3.66. The maximum Gasteiger partial charge on any atom is 0.134 e. The maximum atomic E-state index is 6.10. The largest absolute Gasteiger partial charge is 0.487 e. The standard InChI is InChI=1S/C16H17ClN4O/c1-10-4-5-12(14-6-11(2)18-19-14)7-16(10)22-9-15-13(17)8-21(3)20-15/h4-8H,9H2,1-3H3,(H,18,19). The lowest BCUT2D eigenvalue weighted by atomic mass is 10.1. The molecule has 0 aliphatic carbocycles. The Bertz CT molecular complexity index is 806. The molecular formula is C16H17ClN4O. The van der Waals surface area contributed by atoms with E-state index in [9.17, 15) is 0 Å². The molecule has 22 heavy (non-hydrogen) atoms. The van der Waals surface area contributed by atoms with Crippen LogP contribution >= 0.6 is 11.6 Å². The first-order valence-corrected chi connectivity index (χ1v) is 7.34. The molecule has 2 aromatic heterocycles. The molecular weight excluding hydrogens is 300 g/mol. The molecule has 2 heterocycles. The van der Waals surface area contributed by atoms with Gasteiger partial charge in [0.1, 0.15) is 18.1 Å². The number of halogens is 1. The van der Waals surface area contributed by atoms with Gasteiger partial charge in [0, 0.05) is 24.5 Å². The Morgan fingerprint density at radius 3 is 2.73 bits per heavy atom. The molecule has 0 amide bonds. The highest BCUT2D eigenvalue weighted by Gasteiger charge is 2.09. The van der Waals surface area contributed by atoms with Crippen LogP contribution in [0.5, 0.6) is 5.75 Å². The fraction of sp³-hybridized carbons (Fsp3) is 0.250. The zero-order chi connectivity index (χ0) is 15.7. The first kappa shape index (κ1) is 14.7. The number of aromatic nitrogens is 4. The molecule has 6 heteroatoms. The Hall–Kier alpha value is -2.27. The van der Waals surface area contributed by atoms with E-state index in [1.54, 1.807) is 10.9 Å². The lowest BCUT2D eigenvalue weighted by Crippen LogP contribution is -2.00. The highest BCUT2D eigenvalue weighted by atomic mass is 35.5. The number of nitrogens with one attached hydrogen (secondary N) is 1. The van der Waals surface area contributed by atoms with Gasteiger partial charge in [0.2, 0.25) is 0 Å². The van der Waals surface area contributed by atoms with Crippen molar-refractivity contribution in [3.63, 3.8) is 0 Å². The Balaban J connectivity index is 1.82. The molecule has 3 rings (SSSR count). The van der Waals surface area contributed by atoms with Gasteiger partial charge in [-0.2, -0.15) is 10.2 Å². The van der Waals surface area contributed by atoms with Crippen LogP contribution in [0.15, 0.2) is 30.5 Å². The van der Waals surface area contributed by atoms with Gasteiger partial charge >= 0.3 is 0 Å². The van der Waals surface area contributed by atoms with Crippen molar-refractivity contribution in [2.45, 2.75) is 20.5 Å². The van der Waals surface area contributed by atoms with Crippen molar-refractivity contribution in [2.24, 2.45) is 7.05 Å². The van der Waals surface area contributed by atoms with Crippen LogP contribution in [0.1, 0.15) is 17.0 Å². The third-order valence-corrected chi connectivity index (χ3v) is 3.72. The zero-order valence-corrected chi connectivity index (χ0v) is 13.5. The van der Waals surface area contributed by atoms with E-state index < -0.39 is 0 Å². The van der Waals surface area contributed by atoms with Crippen LogP contribution in [-0.4, -0.2) is 20.0 Å². The van der Waals surface area contributed by atoms with Gasteiger partial charge in [0.25, 0.3) is 0 Å². The average Bonchev–Trinajstić information content (AvgIpc) is 3.04. The fourth-order valence-electron chi connectivity index (χ4n) is 2.23. The van der Waals surface area contributed by atoms with E-state index in [4.69, 9.17) is 16.3 Å². The summed E-state index contributed by atoms with van der Waals surface area (Å²) in [6.07, 6.45) is 1.76. The number of benzene rings is 1. The van der Waals surface area contributed by atoms with Gasteiger partial charge in [-0.05, 0) is 31.5 Å². The summed E-state index contributed by atoms with van der Waals surface area (Å²) >= 11 is 6.10. The average molecular weight is 317 g/mol. The molecule has 0 unspecified atom stereocenters. The summed E-state index contributed by atoms with van der Waals surface area (Å²) in [6, 6.07) is 8.05. The summed E-state index contributed by atoms with van der Waals surface area (Å²) in [6.45, 7) is 4.32. The predicted molar refractivity (Wildman–Crippen MR) is 86.0 cm³/mol. The summed E-state index contributed by atoms with van der Waals surface area (Å²) in [5, 5.41) is 12.1. The summed E-state index contributed by atoms with van der Waals surface area (Å²) < 4.78 is 7.57. The smallest absolute Gasteiger partial charge is 0.134 e. The molecule has 0 saturated heterocycles. The number of aryl methyl sites for hydroxylation is 3. The number of hydrogen-bond acceptors (Lipinski definition) is 3. The molecule has 0 radical (unpaired) electrons. The molecule has 0 spiro atoms. The third kappa shape index (κ3) is 2.99. The SMILES string of the molecule is Cc1cc(-c2ccc(C)c(OCc3nn(C)cc3Cl)c2)n[nH]1. The molecule has 0 saturated carbocycles. The molecule has 5 nitrogen and oxygen atoms in total. The van der Waals surface area contributed by atoms with Gasteiger partial charge in [-0.15, -0.1) is 0 Å². The van der Waals surface area contributed by atoms with Crippen LogP contribution < -0.4 is 4.74 Å². The Labute approximate surface area is 133 Å². The van der Waals surface area contributed by atoms with E-state index in [-0.39, 0.29) is 0 Å². The van der Waals surface area contributed by atoms with Gasteiger partial charge in [-0.25, -0.2) is 0 Å². The van der Waals surface area contributed by atoms with Crippen molar-refractivity contribution in [3.05, 3.63) is 52.4 Å². The maximum absolute atomic E-state index is 6.10. The third-order valence-electron chi connectivity index (χ3n) is 3.41. The minimum Gasteiger partial charge on any atom is -0.487 e. The second kappa shape index (κ2) is 5.85. The number of aromatic amines is 1. The minimum atomic E-state index is 0.337. The van der Waals surface area contributed by atoms with Gasteiger partial charge in [-0.3, -0.25) is 9.78 Å². The van der Waals surface area contributed by atoms with Crippen LogP contribution in [0.2, 0.25) is 5.02 Å². The molecule has 0 aliphatic heterocycles. The number of H-pyrrole nitrogens is 1. The summed E-state index contributed by atoms with van der Waals surface area (Å²) in [5.74, 6) is 0.805. The van der Waals surface area contributed by atoms with Crippen molar-refractivity contribution in [1.82, 2.24) is 20.0 Å². The summed E-state index contributed by atoms with van der Waals surface area (Å²) in [7, 11) is 1.83.